The van der Waals surface area contributed by atoms with Crippen LogP contribution >= 0.6 is 9.24 Å². The Morgan fingerprint density at radius 3 is 2.57 bits per heavy atom. The van der Waals surface area contributed by atoms with Gasteiger partial charge in [0.25, 0.3) is 0 Å². The summed E-state index contributed by atoms with van der Waals surface area (Å²) in [5.41, 5.74) is 8.39. The molecule has 0 bridgehead atoms. The Bertz CT molecular complexity index is 1050. The number of hydrogen-bond donors (Lipinski definition) is 2. The number of primary amides is 1. The quantitative estimate of drug-likeness (QED) is 0.570. The van der Waals surface area contributed by atoms with Crippen LogP contribution < -0.4 is 16.4 Å². The largest absolute Gasteiger partial charge is 0.369 e. The second kappa shape index (κ2) is 8.44. The molecule has 2 heterocycles. The smallest absolute Gasteiger partial charge is 0.222 e. The second-order valence-electron chi connectivity index (χ2n) is 7.68. The van der Waals surface area contributed by atoms with E-state index in [2.05, 4.69) is 29.5 Å². The molecular weight excluding hydrogens is 400 g/mol. The molecule has 30 heavy (non-hydrogen) atoms. The van der Waals surface area contributed by atoms with Gasteiger partial charge in [-0.2, -0.15) is 0 Å². The number of carbonyl (C=O) groups is 1. The lowest BCUT2D eigenvalue weighted by Crippen LogP contribution is -2.50. The van der Waals surface area contributed by atoms with Crippen LogP contribution in [0.3, 0.4) is 0 Å². The maximum Gasteiger partial charge on any atom is 0.222 e. The molecular formula is C22H23FN5OP. The molecule has 8 heteroatoms. The van der Waals surface area contributed by atoms with Crippen LogP contribution in [-0.4, -0.2) is 33.6 Å². The highest BCUT2D eigenvalue weighted by atomic mass is 31.0. The van der Waals surface area contributed by atoms with E-state index in [4.69, 9.17) is 5.73 Å². The first kappa shape index (κ1) is 20.4. The molecule has 0 saturated heterocycles. The Labute approximate surface area is 176 Å². The van der Waals surface area contributed by atoms with Gasteiger partial charge in [-0.15, -0.1) is 9.24 Å². The van der Waals surface area contributed by atoms with Crippen LogP contribution in [0.25, 0.3) is 11.1 Å². The van der Waals surface area contributed by atoms with Gasteiger partial charge in [-0.05, 0) is 35.3 Å². The first-order valence-electron chi connectivity index (χ1n) is 9.74. The van der Waals surface area contributed by atoms with Crippen molar-refractivity contribution in [3.8, 4) is 11.1 Å². The number of alkyl halides is 1. The minimum absolute atomic E-state index is 0.157. The molecule has 0 spiro atoms. The van der Waals surface area contributed by atoms with E-state index in [0.717, 1.165) is 27.7 Å². The Kier molecular flexibility index (Phi) is 5.73. The monoisotopic (exact) mass is 423 g/mol. The standard InChI is InChI=1S/C22H23FN5OP/c23-16-9-22(10-16,20-18(30)6-3-7-25-20)13-28-21-26-11-15(12-27-21)17-5-2-1-4-14(17)8-19(24)29/h1-7,11-12,16H,8-10,13,30H2,(H2,24,29)(H,26,27,28). The Morgan fingerprint density at radius 1 is 1.17 bits per heavy atom. The SMILES string of the molecule is NC(=O)Cc1ccccc1-c1cnc(NCC2(c3ncccc3P)CC(F)C2)nc1. The number of nitrogens with one attached hydrogen (secondary N) is 1. The van der Waals surface area contributed by atoms with E-state index in [1.807, 2.05) is 36.4 Å². The number of rotatable bonds is 7. The summed E-state index contributed by atoms with van der Waals surface area (Å²) in [6.07, 6.45) is 5.36. The van der Waals surface area contributed by atoms with Crippen LogP contribution in [0, 0.1) is 0 Å². The molecule has 1 amide bonds. The molecule has 1 aliphatic carbocycles. The zero-order chi connectivity index (χ0) is 21.1. The molecule has 1 aliphatic rings. The molecule has 4 rings (SSSR count). The molecule has 3 aromatic rings. The van der Waals surface area contributed by atoms with Crippen LogP contribution in [0.2, 0.25) is 0 Å². The molecule has 1 atom stereocenters. The van der Waals surface area contributed by atoms with Gasteiger partial charge < -0.3 is 11.1 Å². The maximum absolute atomic E-state index is 13.8. The van der Waals surface area contributed by atoms with E-state index >= 15 is 0 Å². The fourth-order valence-corrected chi connectivity index (χ4v) is 4.51. The summed E-state index contributed by atoms with van der Waals surface area (Å²) < 4.78 is 13.8. The number of carbonyl (C=O) groups excluding carboxylic acids is 1. The van der Waals surface area contributed by atoms with Crippen molar-refractivity contribution in [3.05, 3.63) is 66.2 Å². The van der Waals surface area contributed by atoms with Crippen molar-refractivity contribution in [1.82, 2.24) is 15.0 Å². The van der Waals surface area contributed by atoms with E-state index in [1.165, 1.54) is 0 Å². The summed E-state index contributed by atoms with van der Waals surface area (Å²) >= 11 is 0. The minimum atomic E-state index is -0.816. The Balaban J connectivity index is 1.51. The highest BCUT2D eigenvalue weighted by Gasteiger charge is 2.47. The number of nitrogens with zero attached hydrogens (tertiary/aromatic N) is 3. The first-order valence-corrected chi connectivity index (χ1v) is 10.3. The summed E-state index contributed by atoms with van der Waals surface area (Å²) in [6.45, 7) is 0.503. The van der Waals surface area contributed by atoms with E-state index < -0.39 is 6.17 Å². The van der Waals surface area contributed by atoms with Crippen molar-refractivity contribution in [2.45, 2.75) is 30.8 Å². The van der Waals surface area contributed by atoms with Gasteiger partial charge >= 0.3 is 0 Å². The minimum Gasteiger partial charge on any atom is -0.369 e. The average Bonchev–Trinajstić information content (AvgIpc) is 2.71. The molecule has 0 radical (unpaired) electrons. The van der Waals surface area contributed by atoms with E-state index in [1.54, 1.807) is 18.6 Å². The molecule has 154 valence electrons. The van der Waals surface area contributed by atoms with Gasteiger partial charge in [0.05, 0.1) is 12.1 Å². The van der Waals surface area contributed by atoms with Gasteiger partial charge in [0.1, 0.15) is 6.17 Å². The fourth-order valence-electron chi connectivity index (χ4n) is 4.02. The lowest BCUT2D eigenvalue weighted by Gasteiger charge is -2.44. The maximum atomic E-state index is 13.8. The zero-order valence-corrected chi connectivity index (χ0v) is 17.5. The normalized spacial score (nSPS) is 20.4. The van der Waals surface area contributed by atoms with Crippen LogP contribution in [0.5, 0.6) is 0 Å². The average molecular weight is 423 g/mol. The molecule has 1 unspecified atom stereocenters. The van der Waals surface area contributed by atoms with Crippen LogP contribution in [0.1, 0.15) is 24.1 Å². The summed E-state index contributed by atoms with van der Waals surface area (Å²) in [7, 11) is 2.68. The van der Waals surface area contributed by atoms with Crippen LogP contribution in [-0.2, 0) is 16.6 Å². The lowest BCUT2D eigenvalue weighted by atomic mass is 9.65. The van der Waals surface area contributed by atoms with Crippen molar-refractivity contribution in [2.24, 2.45) is 5.73 Å². The molecule has 3 N–H and O–H groups in total. The highest BCUT2D eigenvalue weighted by Crippen LogP contribution is 2.44. The molecule has 6 nitrogen and oxygen atoms in total. The summed E-state index contributed by atoms with van der Waals surface area (Å²) in [5, 5.41) is 4.23. The number of halogens is 1. The van der Waals surface area contributed by atoms with E-state index in [0.29, 0.717) is 25.3 Å². The van der Waals surface area contributed by atoms with E-state index in [-0.39, 0.29) is 17.7 Å². The summed E-state index contributed by atoms with van der Waals surface area (Å²) in [5.74, 6) is 0.0793. The predicted molar refractivity (Wildman–Crippen MR) is 118 cm³/mol. The number of pyridine rings is 1. The highest BCUT2D eigenvalue weighted by molar-refractivity contribution is 7.27. The summed E-state index contributed by atoms with van der Waals surface area (Å²) in [4.78, 5) is 24.7. The number of aromatic nitrogens is 3. The third kappa shape index (κ3) is 4.17. The number of hydrogen-bond acceptors (Lipinski definition) is 5. The van der Waals surface area contributed by atoms with Gasteiger partial charge in [0, 0.05) is 36.1 Å². The predicted octanol–water partition coefficient (Wildman–Crippen LogP) is 2.55. The molecule has 1 saturated carbocycles. The molecule has 0 aliphatic heterocycles. The fraction of sp³-hybridized carbons (Fsp3) is 0.273. The number of anilines is 1. The van der Waals surface area contributed by atoms with Gasteiger partial charge in [-0.1, -0.05) is 30.3 Å². The van der Waals surface area contributed by atoms with Crippen molar-refractivity contribution in [1.29, 1.82) is 0 Å². The Hall–Kier alpha value is -2.92. The summed E-state index contributed by atoms with van der Waals surface area (Å²) in [6, 6.07) is 11.4. The van der Waals surface area contributed by atoms with Crippen molar-refractivity contribution < 1.29 is 9.18 Å². The van der Waals surface area contributed by atoms with Gasteiger partial charge in [-0.3, -0.25) is 9.78 Å². The van der Waals surface area contributed by atoms with Crippen molar-refractivity contribution in [3.63, 3.8) is 0 Å². The number of nitrogens with two attached hydrogens (primary N) is 1. The van der Waals surface area contributed by atoms with Crippen molar-refractivity contribution in [2.75, 3.05) is 11.9 Å². The van der Waals surface area contributed by atoms with Gasteiger partial charge in [0.2, 0.25) is 11.9 Å². The van der Waals surface area contributed by atoms with Crippen LogP contribution in [0.4, 0.5) is 10.3 Å². The van der Waals surface area contributed by atoms with Gasteiger partial charge in [0.15, 0.2) is 0 Å². The lowest BCUT2D eigenvalue weighted by molar-refractivity contribution is -0.117. The topological polar surface area (TPSA) is 93.8 Å². The first-order chi connectivity index (χ1) is 14.5. The number of benzene rings is 1. The zero-order valence-electron chi connectivity index (χ0n) is 16.4. The second-order valence-corrected chi connectivity index (χ2v) is 8.30. The van der Waals surface area contributed by atoms with Crippen molar-refractivity contribution >= 4 is 26.4 Å². The molecule has 1 aromatic carbocycles. The molecule has 1 fully saturated rings. The van der Waals surface area contributed by atoms with Gasteiger partial charge in [-0.25, -0.2) is 14.4 Å². The van der Waals surface area contributed by atoms with E-state index in [9.17, 15) is 9.18 Å². The Morgan fingerprint density at radius 2 is 1.90 bits per heavy atom. The molecule has 2 aromatic heterocycles. The third-order valence-electron chi connectivity index (χ3n) is 5.50. The third-order valence-corrected chi connectivity index (χ3v) is 5.96. The van der Waals surface area contributed by atoms with Crippen LogP contribution in [0.15, 0.2) is 55.0 Å². The number of amides is 1.